The maximum absolute atomic E-state index is 5.39. The Morgan fingerprint density at radius 2 is 1.93 bits per heavy atom. The lowest BCUT2D eigenvalue weighted by atomic mass is 9.78. The lowest BCUT2D eigenvalue weighted by molar-refractivity contribution is 0.191. The van der Waals surface area contributed by atoms with Crippen LogP contribution in [0.25, 0.3) is 0 Å². The summed E-state index contributed by atoms with van der Waals surface area (Å²) in [5.74, 6) is 4.39. The molecule has 86 valence electrons. The van der Waals surface area contributed by atoms with Crippen LogP contribution in [0, 0.1) is 24.2 Å². The smallest absolute Gasteiger partial charge is 0.0240 e. The normalized spacial score (nSPS) is 33.3. The summed E-state index contributed by atoms with van der Waals surface area (Å²) in [6.45, 7) is 6.96. The van der Waals surface area contributed by atoms with Crippen LogP contribution in [0.5, 0.6) is 0 Å². The fourth-order valence-corrected chi connectivity index (χ4v) is 2.75. The average Bonchev–Trinajstić information content (AvgIpc) is 2.22. The van der Waals surface area contributed by atoms with Crippen molar-refractivity contribution in [2.24, 2.45) is 11.8 Å². The van der Waals surface area contributed by atoms with E-state index in [1.807, 2.05) is 0 Å². The van der Waals surface area contributed by atoms with Crippen LogP contribution in [0.15, 0.2) is 0 Å². The molecule has 3 unspecified atom stereocenters. The van der Waals surface area contributed by atoms with E-state index >= 15 is 0 Å². The zero-order chi connectivity index (χ0) is 11.3. The van der Waals surface area contributed by atoms with Crippen LogP contribution >= 0.6 is 0 Å². The highest BCUT2D eigenvalue weighted by molar-refractivity contribution is 4.92. The third kappa shape index (κ3) is 3.54. The second-order valence-corrected chi connectivity index (χ2v) is 5.09. The number of hydrogen-bond donors (Lipinski definition) is 1. The van der Waals surface area contributed by atoms with Gasteiger partial charge in [-0.15, -0.1) is 12.3 Å². The molecule has 0 radical (unpaired) electrons. The van der Waals surface area contributed by atoms with Gasteiger partial charge in [-0.05, 0) is 31.1 Å². The molecule has 1 aliphatic rings. The number of terminal acetylenes is 1. The van der Waals surface area contributed by atoms with Crippen molar-refractivity contribution < 1.29 is 0 Å². The van der Waals surface area contributed by atoms with Gasteiger partial charge >= 0.3 is 0 Å². The lowest BCUT2D eigenvalue weighted by Crippen LogP contribution is -2.47. The van der Waals surface area contributed by atoms with Gasteiger partial charge in [-0.2, -0.15) is 0 Å². The Bertz CT molecular complexity index is 206. The Balaban J connectivity index is 2.49. The maximum atomic E-state index is 5.39. The third-order valence-corrected chi connectivity index (χ3v) is 3.83. The quantitative estimate of drug-likeness (QED) is 0.698. The lowest BCUT2D eigenvalue weighted by Gasteiger charge is -2.37. The predicted molar refractivity (Wildman–Crippen MR) is 66.6 cm³/mol. The second kappa shape index (κ2) is 6.18. The SMILES string of the molecule is C#CCC(CC)NC1C(C)CCCC1C. The summed E-state index contributed by atoms with van der Waals surface area (Å²) < 4.78 is 0. The van der Waals surface area contributed by atoms with Gasteiger partial charge in [0.05, 0.1) is 0 Å². The Kier molecular flexibility index (Phi) is 5.19. The molecule has 1 fully saturated rings. The van der Waals surface area contributed by atoms with E-state index in [1.54, 1.807) is 0 Å². The Hall–Kier alpha value is -0.480. The highest BCUT2D eigenvalue weighted by atomic mass is 15.0. The molecule has 0 aromatic heterocycles. The molecule has 0 heterocycles. The summed E-state index contributed by atoms with van der Waals surface area (Å²) in [7, 11) is 0. The van der Waals surface area contributed by atoms with Crippen molar-refractivity contribution in [1.29, 1.82) is 0 Å². The molecule has 0 amide bonds. The summed E-state index contributed by atoms with van der Waals surface area (Å²) in [4.78, 5) is 0. The van der Waals surface area contributed by atoms with Gasteiger partial charge in [0.2, 0.25) is 0 Å². The molecule has 0 aliphatic heterocycles. The van der Waals surface area contributed by atoms with Crippen molar-refractivity contribution in [2.75, 3.05) is 0 Å². The van der Waals surface area contributed by atoms with Crippen LogP contribution in [0.3, 0.4) is 0 Å². The summed E-state index contributed by atoms with van der Waals surface area (Å²) in [5.41, 5.74) is 0. The Labute approximate surface area is 95.0 Å². The highest BCUT2D eigenvalue weighted by Gasteiger charge is 2.28. The summed E-state index contributed by atoms with van der Waals surface area (Å²) >= 11 is 0. The van der Waals surface area contributed by atoms with Gasteiger partial charge in [0.1, 0.15) is 0 Å². The highest BCUT2D eigenvalue weighted by Crippen LogP contribution is 2.29. The predicted octanol–water partition coefficient (Wildman–Crippen LogP) is 3.20. The molecule has 1 aliphatic carbocycles. The largest absolute Gasteiger partial charge is 0.310 e. The van der Waals surface area contributed by atoms with Crippen LogP contribution in [0.2, 0.25) is 0 Å². The van der Waals surface area contributed by atoms with Crippen molar-refractivity contribution in [3.05, 3.63) is 0 Å². The molecular weight excluding hydrogens is 182 g/mol. The standard InChI is InChI=1S/C14H25N/c1-5-8-13(6-2)15-14-11(3)9-7-10-12(14)4/h1,11-15H,6-10H2,2-4H3. The van der Waals surface area contributed by atoms with Crippen molar-refractivity contribution in [3.63, 3.8) is 0 Å². The van der Waals surface area contributed by atoms with Crippen LogP contribution in [-0.2, 0) is 0 Å². The molecule has 1 nitrogen and oxygen atoms in total. The molecule has 15 heavy (non-hydrogen) atoms. The van der Waals surface area contributed by atoms with E-state index in [2.05, 4.69) is 32.0 Å². The van der Waals surface area contributed by atoms with E-state index in [4.69, 9.17) is 6.42 Å². The van der Waals surface area contributed by atoms with E-state index < -0.39 is 0 Å². The summed E-state index contributed by atoms with van der Waals surface area (Å²) in [6.07, 6.45) is 11.5. The first-order chi connectivity index (χ1) is 7.19. The fraction of sp³-hybridized carbons (Fsp3) is 0.857. The van der Waals surface area contributed by atoms with Crippen LogP contribution < -0.4 is 5.32 Å². The van der Waals surface area contributed by atoms with Gasteiger partial charge in [0.25, 0.3) is 0 Å². The minimum atomic E-state index is 0.517. The van der Waals surface area contributed by atoms with Crippen LogP contribution in [0.1, 0.15) is 52.9 Å². The molecular formula is C14H25N. The van der Waals surface area contributed by atoms with Crippen molar-refractivity contribution in [3.8, 4) is 12.3 Å². The first-order valence-corrected chi connectivity index (χ1v) is 6.38. The van der Waals surface area contributed by atoms with Gasteiger partial charge in [-0.25, -0.2) is 0 Å². The molecule has 1 saturated carbocycles. The Morgan fingerprint density at radius 1 is 1.33 bits per heavy atom. The fourth-order valence-electron chi connectivity index (χ4n) is 2.75. The second-order valence-electron chi connectivity index (χ2n) is 5.09. The first-order valence-electron chi connectivity index (χ1n) is 6.38. The van der Waals surface area contributed by atoms with Gasteiger partial charge in [0, 0.05) is 18.5 Å². The van der Waals surface area contributed by atoms with Crippen molar-refractivity contribution >= 4 is 0 Å². The zero-order valence-electron chi connectivity index (χ0n) is 10.4. The molecule has 3 atom stereocenters. The topological polar surface area (TPSA) is 12.0 Å². The van der Waals surface area contributed by atoms with Gasteiger partial charge in [0.15, 0.2) is 0 Å². The van der Waals surface area contributed by atoms with Crippen molar-refractivity contribution in [1.82, 2.24) is 5.32 Å². The number of nitrogens with one attached hydrogen (secondary N) is 1. The van der Waals surface area contributed by atoms with E-state index in [1.165, 1.54) is 19.3 Å². The molecule has 0 saturated heterocycles. The molecule has 0 aromatic carbocycles. The molecule has 1 rings (SSSR count). The maximum Gasteiger partial charge on any atom is 0.0240 e. The molecule has 0 bridgehead atoms. The van der Waals surface area contributed by atoms with Gasteiger partial charge in [-0.3, -0.25) is 0 Å². The number of hydrogen-bond acceptors (Lipinski definition) is 1. The number of rotatable bonds is 4. The van der Waals surface area contributed by atoms with E-state index in [0.717, 1.165) is 24.7 Å². The van der Waals surface area contributed by atoms with E-state index in [0.29, 0.717) is 12.1 Å². The summed E-state index contributed by atoms with van der Waals surface area (Å²) in [5, 5.41) is 3.76. The van der Waals surface area contributed by atoms with E-state index in [-0.39, 0.29) is 0 Å². The van der Waals surface area contributed by atoms with Crippen molar-refractivity contribution in [2.45, 2.75) is 65.0 Å². The third-order valence-electron chi connectivity index (χ3n) is 3.83. The first kappa shape index (κ1) is 12.6. The average molecular weight is 207 g/mol. The monoisotopic (exact) mass is 207 g/mol. The van der Waals surface area contributed by atoms with Crippen LogP contribution in [-0.4, -0.2) is 12.1 Å². The minimum Gasteiger partial charge on any atom is -0.310 e. The van der Waals surface area contributed by atoms with E-state index in [9.17, 15) is 0 Å². The summed E-state index contributed by atoms with van der Waals surface area (Å²) in [6, 6.07) is 1.19. The molecule has 1 heteroatoms. The molecule has 0 aromatic rings. The molecule has 0 spiro atoms. The zero-order valence-corrected chi connectivity index (χ0v) is 10.4. The Morgan fingerprint density at radius 3 is 2.40 bits per heavy atom. The molecule has 1 N–H and O–H groups in total. The van der Waals surface area contributed by atoms with Gasteiger partial charge in [-0.1, -0.05) is 27.2 Å². The van der Waals surface area contributed by atoms with Gasteiger partial charge < -0.3 is 5.32 Å². The minimum absolute atomic E-state index is 0.517. The van der Waals surface area contributed by atoms with Crippen LogP contribution in [0.4, 0.5) is 0 Å².